The maximum absolute atomic E-state index is 12.9. The molecule has 0 aromatic heterocycles. The van der Waals surface area contributed by atoms with Crippen molar-refractivity contribution < 1.29 is 14.2 Å². The van der Waals surface area contributed by atoms with Gasteiger partial charge in [-0.05, 0) is 24.1 Å². The van der Waals surface area contributed by atoms with Gasteiger partial charge in [0.05, 0.1) is 6.61 Å². The SMILES string of the molecule is CCC(NCC1(O)CCOC1)c1ccc(F)cc1. The van der Waals surface area contributed by atoms with Gasteiger partial charge in [-0.2, -0.15) is 0 Å². The van der Waals surface area contributed by atoms with Crippen LogP contribution in [0.25, 0.3) is 0 Å². The Balaban J connectivity index is 1.95. The fourth-order valence-corrected chi connectivity index (χ4v) is 2.24. The first-order chi connectivity index (χ1) is 8.63. The average Bonchev–Trinajstić information content (AvgIpc) is 2.79. The molecule has 0 radical (unpaired) electrons. The van der Waals surface area contributed by atoms with Crippen molar-refractivity contribution in [2.75, 3.05) is 19.8 Å². The molecule has 1 aliphatic rings. The van der Waals surface area contributed by atoms with Crippen molar-refractivity contribution in [1.29, 1.82) is 0 Å². The van der Waals surface area contributed by atoms with Gasteiger partial charge in [0.1, 0.15) is 11.4 Å². The van der Waals surface area contributed by atoms with E-state index in [0.717, 1.165) is 12.0 Å². The molecule has 1 aromatic carbocycles. The number of benzene rings is 1. The van der Waals surface area contributed by atoms with Crippen molar-refractivity contribution in [2.45, 2.75) is 31.4 Å². The third kappa shape index (κ3) is 3.28. The van der Waals surface area contributed by atoms with E-state index in [9.17, 15) is 9.50 Å². The van der Waals surface area contributed by atoms with Crippen LogP contribution in [0.2, 0.25) is 0 Å². The molecule has 2 rings (SSSR count). The third-order valence-electron chi connectivity index (χ3n) is 3.44. The molecule has 1 aromatic rings. The van der Waals surface area contributed by atoms with Crippen molar-refractivity contribution >= 4 is 0 Å². The van der Waals surface area contributed by atoms with E-state index in [2.05, 4.69) is 12.2 Å². The highest BCUT2D eigenvalue weighted by Crippen LogP contribution is 2.21. The molecule has 0 amide bonds. The summed E-state index contributed by atoms with van der Waals surface area (Å²) in [5, 5.41) is 13.5. The maximum Gasteiger partial charge on any atom is 0.123 e. The summed E-state index contributed by atoms with van der Waals surface area (Å²) >= 11 is 0. The first kappa shape index (κ1) is 13.5. The topological polar surface area (TPSA) is 41.5 Å². The zero-order valence-electron chi connectivity index (χ0n) is 10.7. The van der Waals surface area contributed by atoms with Crippen LogP contribution >= 0.6 is 0 Å². The smallest absolute Gasteiger partial charge is 0.123 e. The lowest BCUT2D eigenvalue weighted by Gasteiger charge is -2.25. The molecule has 1 fully saturated rings. The predicted octanol–water partition coefficient (Wildman–Crippen LogP) is 2.02. The lowest BCUT2D eigenvalue weighted by atomic mass is 10.0. The summed E-state index contributed by atoms with van der Waals surface area (Å²) in [5.41, 5.74) is 0.286. The first-order valence-corrected chi connectivity index (χ1v) is 6.42. The second-order valence-corrected chi connectivity index (χ2v) is 4.92. The van der Waals surface area contributed by atoms with Crippen molar-refractivity contribution in [1.82, 2.24) is 5.32 Å². The molecule has 2 unspecified atom stereocenters. The van der Waals surface area contributed by atoms with Crippen LogP contribution in [0.5, 0.6) is 0 Å². The summed E-state index contributed by atoms with van der Waals surface area (Å²) in [7, 11) is 0. The second-order valence-electron chi connectivity index (χ2n) is 4.92. The molecule has 18 heavy (non-hydrogen) atoms. The Morgan fingerprint density at radius 3 is 2.72 bits per heavy atom. The molecule has 2 atom stereocenters. The fourth-order valence-electron chi connectivity index (χ4n) is 2.24. The van der Waals surface area contributed by atoms with Crippen LogP contribution in [-0.2, 0) is 4.74 Å². The summed E-state index contributed by atoms with van der Waals surface area (Å²) in [6, 6.07) is 6.63. The van der Waals surface area contributed by atoms with Gasteiger partial charge >= 0.3 is 0 Å². The van der Waals surface area contributed by atoms with Crippen molar-refractivity contribution in [3.8, 4) is 0 Å². The Labute approximate surface area is 107 Å². The lowest BCUT2D eigenvalue weighted by Crippen LogP contribution is -2.42. The van der Waals surface area contributed by atoms with E-state index in [1.165, 1.54) is 12.1 Å². The number of halogens is 1. The van der Waals surface area contributed by atoms with Gasteiger partial charge in [0.25, 0.3) is 0 Å². The van der Waals surface area contributed by atoms with Gasteiger partial charge in [0.15, 0.2) is 0 Å². The van der Waals surface area contributed by atoms with E-state index in [0.29, 0.717) is 26.2 Å². The molecule has 0 saturated carbocycles. The van der Waals surface area contributed by atoms with Gasteiger partial charge in [-0.25, -0.2) is 4.39 Å². The van der Waals surface area contributed by atoms with E-state index in [1.54, 1.807) is 12.1 Å². The molecule has 0 bridgehead atoms. The van der Waals surface area contributed by atoms with Crippen molar-refractivity contribution in [3.63, 3.8) is 0 Å². The van der Waals surface area contributed by atoms with Crippen LogP contribution in [0, 0.1) is 5.82 Å². The van der Waals surface area contributed by atoms with Crippen molar-refractivity contribution in [3.05, 3.63) is 35.6 Å². The Morgan fingerprint density at radius 2 is 2.17 bits per heavy atom. The van der Waals surface area contributed by atoms with Gasteiger partial charge in [-0.15, -0.1) is 0 Å². The molecule has 1 heterocycles. The Morgan fingerprint density at radius 1 is 1.44 bits per heavy atom. The van der Waals surface area contributed by atoms with Crippen LogP contribution in [-0.4, -0.2) is 30.5 Å². The highest BCUT2D eigenvalue weighted by Gasteiger charge is 2.32. The molecule has 100 valence electrons. The number of hydrogen-bond acceptors (Lipinski definition) is 3. The van der Waals surface area contributed by atoms with Crippen LogP contribution in [0.1, 0.15) is 31.4 Å². The minimum absolute atomic E-state index is 0.134. The normalized spacial score (nSPS) is 25.3. The van der Waals surface area contributed by atoms with Crippen LogP contribution in [0.3, 0.4) is 0 Å². The monoisotopic (exact) mass is 253 g/mol. The van der Waals surface area contributed by atoms with E-state index in [-0.39, 0.29) is 11.9 Å². The largest absolute Gasteiger partial charge is 0.386 e. The van der Waals surface area contributed by atoms with E-state index < -0.39 is 5.60 Å². The number of aliphatic hydroxyl groups is 1. The Hall–Kier alpha value is -0.970. The van der Waals surface area contributed by atoms with Crippen LogP contribution < -0.4 is 5.32 Å². The second kappa shape index (κ2) is 5.78. The molecular formula is C14H20FNO2. The van der Waals surface area contributed by atoms with Gasteiger partial charge in [0, 0.05) is 25.6 Å². The highest BCUT2D eigenvalue weighted by atomic mass is 19.1. The van der Waals surface area contributed by atoms with Crippen LogP contribution in [0.15, 0.2) is 24.3 Å². The Kier molecular flexibility index (Phi) is 4.32. The maximum atomic E-state index is 12.9. The van der Waals surface area contributed by atoms with E-state index in [1.807, 2.05) is 0 Å². The highest BCUT2D eigenvalue weighted by molar-refractivity contribution is 5.19. The van der Waals surface area contributed by atoms with Gasteiger partial charge in [-0.3, -0.25) is 0 Å². The predicted molar refractivity (Wildman–Crippen MR) is 67.8 cm³/mol. The van der Waals surface area contributed by atoms with E-state index in [4.69, 9.17) is 4.74 Å². The van der Waals surface area contributed by atoms with E-state index >= 15 is 0 Å². The Bertz CT molecular complexity index is 374. The summed E-state index contributed by atoms with van der Waals surface area (Å²) in [5.74, 6) is -0.226. The lowest BCUT2D eigenvalue weighted by molar-refractivity contribution is 0.0246. The van der Waals surface area contributed by atoms with Gasteiger partial charge in [0.2, 0.25) is 0 Å². The minimum atomic E-state index is -0.756. The number of ether oxygens (including phenoxy) is 1. The summed E-state index contributed by atoms with van der Waals surface area (Å²) < 4.78 is 18.1. The quantitative estimate of drug-likeness (QED) is 0.843. The number of nitrogens with one attached hydrogen (secondary N) is 1. The molecule has 0 aliphatic carbocycles. The molecule has 3 nitrogen and oxygen atoms in total. The molecule has 0 spiro atoms. The molecule has 2 N–H and O–H groups in total. The fraction of sp³-hybridized carbons (Fsp3) is 0.571. The summed E-state index contributed by atoms with van der Waals surface area (Å²) in [4.78, 5) is 0. The molecule has 1 aliphatic heterocycles. The first-order valence-electron chi connectivity index (χ1n) is 6.42. The summed E-state index contributed by atoms with van der Waals surface area (Å²) in [6.45, 7) is 3.57. The van der Waals surface area contributed by atoms with Gasteiger partial charge < -0.3 is 15.2 Å². The molecular weight excluding hydrogens is 233 g/mol. The zero-order chi connectivity index (χ0) is 13.0. The summed E-state index contributed by atoms with van der Waals surface area (Å²) in [6.07, 6.45) is 1.56. The third-order valence-corrected chi connectivity index (χ3v) is 3.44. The van der Waals surface area contributed by atoms with Crippen LogP contribution in [0.4, 0.5) is 4.39 Å². The van der Waals surface area contributed by atoms with Gasteiger partial charge in [-0.1, -0.05) is 19.1 Å². The molecule has 1 saturated heterocycles. The average molecular weight is 253 g/mol. The van der Waals surface area contributed by atoms with Crippen molar-refractivity contribution in [2.24, 2.45) is 0 Å². The zero-order valence-corrected chi connectivity index (χ0v) is 10.7. The number of rotatable bonds is 5. The molecule has 4 heteroatoms. The standard InChI is InChI=1S/C14H20FNO2/c1-2-13(11-3-5-12(15)6-4-11)16-9-14(17)7-8-18-10-14/h3-6,13,16-17H,2,7-10H2,1H3. The minimum Gasteiger partial charge on any atom is -0.386 e. The number of hydrogen-bond donors (Lipinski definition) is 2.